The van der Waals surface area contributed by atoms with Crippen LogP contribution in [0.25, 0.3) is 0 Å². The highest BCUT2D eigenvalue weighted by Gasteiger charge is 2.11. The monoisotopic (exact) mass is 376 g/mol. The topological polar surface area (TPSA) is 22.9 Å². The Labute approximate surface area is 140 Å². The maximum Gasteiger partial charge on any atom is 0.138 e. The van der Waals surface area contributed by atoms with Crippen molar-refractivity contribution >= 4 is 27.5 Å². The normalized spacial score (nSPS) is 16.7. The maximum atomic E-state index is 6.09. The minimum Gasteiger partial charge on any atom is -0.490 e. The lowest BCUT2D eigenvalue weighted by Crippen LogP contribution is -3.12. The van der Waals surface area contributed by atoms with Crippen LogP contribution in [0.1, 0.15) is 25.7 Å². The van der Waals surface area contributed by atoms with Crippen molar-refractivity contribution in [3.8, 4) is 5.75 Å². The summed E-state index contributed by atoms with van der Waals surface area (Å²) in [4.78, 5) is 1.68. The number of hydrogen-bond acceptors (Lipinski definition) is 2. The van der Waals surface area contributed by atoms with Gasteiger partial charge in [0.15, 0.2) is 0 Å². The van der Waals surface area contributed by atoms with Crippen LogP contribution in [0.5, 0.6) is 5.75 Å². The van der Waals surface area contributed by atoms with E-state index in [-0.39, 0.29) is 0 Å². The van der Waals surface area contributed by atoms with Crippen LogP contribution in [0.3, 0.4) is 0 Å². The van der Waals surface area contributed by atoms with E-state index < -0.39 is 0 Å². The van der Waals surface area contributed by atoms with E-state index >= 15 is 0 Å². The third-order valence-electron chi connectivity index (χ3n) is 3.79. The number of quaternary nitrogens is 1. The number of benzene rings is 1. The van der Waals surface area contributed by atoms with Crippen LogP contribution in [0.4, 0.5) is 0 Å². The smallest absolute Gasteiger partial charge is 0.138 e. The fourth-order valence-electron chi connectivity index (χ4n) is 2.60. The van der Waals surface area contributed by atoms with Crippen molar-refractivity contribution in [2.75, 3.05) is 39.5 Å². The van der Waals surface area contributed by atoms with Gasteiger partial charge in [-0.3, -0.25) is 0 Å². The Hall–Kier alpha value is -0.290. The number of ether oxygens (including phenoxy) is 2. The number of halogens is 2. The lowest BCUT2D eigenvalue weighted by Gasteiger charge is -2.16. The van der Waals surface area contributed by atoms with Crippen molar-refractivity contribution in [1.29, 1.82) is 0 Å². The van der Waals surface area contributed by atoms with Crippen molar-refractivity contribution in [3.63, 3.8) is 0 Å². The van der Waals surface area contributed by atoms with Crippen molar-refractivity contribution in [1.82, 2.24) is 0 Å². The third-order valence-corrected chi connectivity index (χ3v) is 4.58. The van der Waals surface area contributed by atoms with E-state index in [2.05, 4.69) is 15.9 Å². The maximum absolute atomic E-state index is 6.09. The molecule has 1 aromatic rings. The van der Waals surface area contributed by atoms with Crippen molar-refractivity contribution in [3.05, 3.63) is 27.7 Å². The van der Waals surface area contributed by atoms with E-state index in [4.69, 9.17) is 21.1 Å². The van der Waals surface area contributed by atoms with Gasteiger partial charge in [-0.05, 0) is 43.9 Å². The average molecular weight is 378 g/mol. The molecule has 2 rings (SSSR count). The van der Waals surface area contributed by atoms with E-state index in [1.165, 1.54) is 38.8 Å². The van der Waals surface area contributed by atoms with E-state index in [9.17, 15) is 0 Å². The van der Waals surface area contributed by atoms with Crippen molar-refractivity contribution < 1.29 is 14.4 Å². The molecule has 0 spiro atoms. The second-order valence-corrected chi connectivity index (χ2v) is 6.77. The SMILES string of the molecule is Clc1cc(Br)ccc1OCCOCC[NH+]1CCCCCC1. The molecule has 1 N–H and O–H groups in total. The number of rotatable bonds is 7. The second-order valence-electron chi connectivity index (χ2n) is 5.45. The number of nitrogens with one attached hydrogen (secondary N) is 1. The summed E-state index contributed by atoms with van der Waals surface area (Å²) >= 11 is 9.46. The molecule has 1 heterocycles. The number of likely N-dealkylation sites (tertiary alicyclic amines) is 1. The van der Waals surface area contributed by atoms with Crippen LogP contribution in [-0.2, 0) is 4.74 Å². The first-order valence-corrected chi connectivity index (χ1v) is 8.92. The largest absolute Gasteiger partial charge is 0.490 e. The highest BCUT2D eigenvalue weighted by molar-refractivity contribution is 9.10. The van der Waals surface area contributed by atoms with E-state index in [0.717, 1.165) is 17.6 Å². The molecule has 3 nitrogen and oxygen atoms in total. The first kappa shape index (κ1) is 17.1. The summed E-state index contributed by atoms with van der Waals surface area (Å²) in [6, 6.07) is 5.62. The molecule has 5 heteroatoms. The van der Waals surface area contributed by atoms with E-state index in [0.29, 0.717) is 24.0 Å². The van der Waals surface area contributed by atoms with Gasteiger partial charge in [0.25, 0.3) is 0 Å². The first-order valence-electron chi connectivity index (χ1n) is 7.75. The van der Waals surface area contributed by atoms with Gasteiger partial charge in [0, 0.05) is 4.47 Å². The predicted molar refractivity (Wildman–Crippen MR) is 89.5 cm³/mol. The van der Waals surface area contributed by atoms with Gasteiger partial charge in [-0.15, -0.1) is 0 Å². The fraction of sp³-hybridized carbons (Fsp3) is 0.625. The van der Waals surface area contributed by atoms with Crippen LogP contribution < -0.4 is 9.64 Å². The molecular weight excluding hydrogens is 354 g/mol. The van der Waals surface area contributed by atoms with Crippen molar-refractivity contribution in [2.24, 2.45) is 0 Å². The summed E-state index contributed by atoms with van der Waals surface area (Å²) in [5, 5.41) is 0.624. The minimum absolute atomic E-state index is 0.538. The Morgan fingerprint density at radius 2 is 1.81 bits per heavy atom. The Morgan fingerprint density at radius 1 is 1.05 bits per heavy atom. The van der Waals surface area contributed by atoms with Crippen LogP contribution in [0.2, 0.25) is 5.02 Å². The second kappa shape index (κ2) is 9.67. The van der Waals surface area contributed by atoms with Gasteiger partial charge < -0.3 is 14.4 Å². The lowest BCUT2D eigenvalue weighted by atomic mass is 10.2. The summed E-state index contributed by atoms with van der Waals surface area (Å²) in [7, 11) is 0. The molecule has 0 unspecified atom stereocenters. The van der Waals surface area contributed by atoms with Crippen LogP contribution >= 0.6 is 27.5 Å². The summed E-state index contributed by atoms with van der Waals surface area (Å²) in [6.45, 7) is 5.67. The molecule has 0 atom stereocenters. The molecule has 1 saturated heterocycles. The van der Waals surface area contributed by atoms with Gasteiger partial charge in [-0.2, -0.15) is 0 Å². The molecule has 1 aromatic carbocycles. The van der Waals surface area contributed by atoms with Gasteiger partial charge in [-0.25, -0.2) is 0 Å². The molecule has 0 bridgehead atoms. The van der Waals surface area contributed by atoms with Gasteiger partial charge in [0.1, 0.15) is 18.9 Å². The lowest BCUT2D eigenvalue weighted by molar-refractivity contribution is -0.899. The molecule has 21 heavy (non-hydrogen) atoms. The zero-order valence-corrected chi connectivity index (χ0v) is 14.7. The standard InChI is InChI=1S/C16H23BrClNO2/c17-14-5-6-16(15(18)13-14)21-12-11-20-10-9-19-7-3-1-2-4-8-19/h5-6,13H,1-4,7-12H2/p+1. The summed E-state index contributed by atoms with van der Waals surface area (Å²) in [5.41, 5.74) is 0. The zero-order chi connectivity index (χ0) is 14.9. The van der Waals surface area contributed by atoms with Gasteiger partial charge in [0.05, 0.1) is 31.3 Å². The highest BCUT2D eigenvalue weighted by atomic mass is 79.9. The molecule has 1 fully saturated rings. The molecule has 0 aliphatic carbocycles. The molecular formula is C16H24BrClNO2+. The Balaban J connectivity index is 1.55. The van der Waals surface area contributed by atoms with Gasteiger partial charge >= 0.3 is 0 Å². The summed E-state index contributed by atoms with van der Waals surface area (Å²) in [6.07, 6.45) is 5.51. The van der Waals surface area contributed by atoms with Crippen LogP contribution in [-0.4, -0.2) is 39.5 Å². The van der Waals surface area contributed by atoms with E-state index in [1.54, 1.807) is 4.90 Å². The Morgan fingerprint density at radius 3 is 2.52 bits per heavy atom. The van der Waals surface area contributed by atoms with Crippen LogP contribution in [0.15, 0.2) is 22.7 Å². The highest BCUT2D eigenvalue weighted by Crippen LogP contribution is 2.27. The first-order chi connectivity index (χ1) is 10.3. The molecule has 118 valence electrons. The molecule has 0 radical (unpaired) electrons. The third kappa shape index (κ3) is 6.55. The van der Waals surface area contributed by atoms with Gasteiger partial charge in [-0.1, -0.05) is 27.5 Å². The average Bonchev–Trinajstić information content (AvgIpc) is 2.73. The molecule has 0 aromatic heterocycles. The molecule has 1 aliphatic rings. The molecule has 0 amide bonds. The quantitative estimate of drug-likeness (QED) is 0.738. The van der Waals surface area contributed by atoms with Crippen LogP contribution in [0, 0.1) is 0 Å². The molecule has 1 aliphatic heterocycles. The van der Waals surface area contributed by atoms with Gasteiger partial charge in [0.2, 0.25) is 0 Å². The van der Waals surface area contributed by atoms with Crippen molar-refractivity contribution in [2.45, 2.75) is 25.7 Å². The fourth-order valence-corrected chi connectivity index (χ4v) is 3.33. The zero-order valence-electron chi connectivity index (χ0n) is 12.4. The number of hydrogen-bond donors (Lipinski definition) is 1. The predicted octanol–water partition coefficient (Wildman–Crippen LogP) is 2.96. The summed E-state index contributed by atoms with van der Waals surface area (Å²) in [5.74, 6) is 0.710. The Kier molecular flexibility index (Phi) is 7.86. The molecule has 0 saturated carbocycles. The van der Waals surface area contributed by atoms with E-state index in [1.807, 2.05) is 18.2 Å². The minimum atomic E-state index is 0.538. The summed E-state index contributed by atoms with van der Waals surface area (Å²) < 4.78 is 12.2. The Bertz CT molecular complexity index is 423.